The third-order valence-electron chi connectivity index (χ3n) is 4.51. The number of carbonyl (C=O) groups is 1. The second-order valence-corrected chi connectivity index (χ2v) is 8.11. The second kappa shape index (κ2) is 7.97. The average molecular weight is 376 g/mol. The van der Waals surface area contributed by atoms with Crippen LogP contribution in [0.4, 0.5) is 4.39 Å². The van der Waals surface area contributed by atoms with Crippen molar-refractivity contribution in [1.82, 2.24) is 9.62 Å². The zero-order valence-corrected chi connectivity index (χ0v) is 15.1. The van der Waals surface area contributed by atoms with Gasteiger partial charge in [0.1, 0.15) is 11.9 Å². The van der Waals surface area contributed by atoms with Crippen molar-refractivity contribution >= 4 is 15.9 Å². The summed E-state index contributed by atoms with van der Waals surface area (Å²) in [6.07, 6.45) is 1.48. The van der Waals surface area contributed by atoms with Gasteiger partial charge in [0.25, 0.3) is 0 Å². The van der Waals surface area contributed by atoms with Crippen LogP contribution in [0.3, 0.4) is 0 Å². The Hall–Kier alpha value is -2.25. The van der Waals surface area contributed by atoms with Crippen LogP contribution in [0.5, 0.6) is 0 Å². The predicted molar refractivity (Wildman–Crippen MR) is 96.5 cm³/mol. The van der Waals surface area contributed by atoms with Crippen molar-refractivity contribution in [3.05, 3.63) is 66.0 Å². The van der Waals surface area contributed by atoms with Gasteiger partial charge in [0.2, 0.25) is 15.9 Å². The lowest BCUT2D eigenvalue weighted by atomic mass is 10.1. The molecule has 1 aliphatic heterocycles. The minimum absolute atomic E-state index is 0.186. The summed E-state index contributed by atoms with van der Waals surface area (Å²) in [6, 6.07) is 13.8. The molecule has 2 aromatic carbocycles. The molecule has 0 aromatic heterocycles. The van der Waals surface area contributed by atoms with Crippen LogP contribution < -0.4 is 5.32 Å². The van der Waals surface area contributed by atoms with Crippen LogP contribution in [-0.4, -0.2) is 37.8 Å². The summed E-state index contributed by atoms with van der Waals surface area (Å²) >= 11 is 0. The third-order valence-corrected chi connectivity index (χ3v) is 6.43. The highest BCUT2D eigenvalue weighted by Gasteiger charge is 2.39. The van der Waals surface area contributed by atoms with Crippen LogP contribution in [0.2, 0.25) is 0 Å². The number of hydrogen-bond donors (Lipinski definition) is 1. The number of halogens is 1. The Labute approximate surface area is 152 Å². The van der Waals surface area contributed by atoms with Gasteiger partial charge in [-0.05, 0) is 43.0 Å². The van der Waals surface area contributed by atoms with E-state index in [0.717, 1.165) is 0 Å². The van der Waals surface area contributed by atoms with E-state index in [1.165, 1.54) is 22.5 Å². The van der Waals surface area contributed by atoms with Crippen molar-refractivity contribution in [2.45, 2.75) is 30.2 Å². The summed E-state index contributed by atoms with van der Waals surface area (Å²) in [6.45, 7) is 0.581. The maximum atomic E-state index is 13.6. The number of amides is 1. The van der Waals surface area contributed by atoms with E-state index in [9.17, 15) is 17.6 Å². The van der Waals surface area contributed by atoms with E-state index >= 15 is 0 Å². The van der Waals surface area contributed by atoms with Crippen molar-refractivity contribution in [2.75, 3.05) is 13.1 Å². The Kier molecular flexibility index (Phi) is 5.68. The van der Waals surface area contributed by atoms with Crippen LogP contribution in [0.15, 0.2) is 59.5 Å². The molecular weight excluding hydrogens is 355 g/mol. The van der Waals surface area contributed by atoms with Gasteiger partial charge in [0.15, 0.2) is 0 Å². The summed E-state index contributed by atoms with van der Waals surface area (Å²) in [5.41, 5.74) is 0.521. The molecule has 1 saturated heterocycles. The van der Waals surface area contributed by atoms with Gasteiger partial charge < -0.3 is 5.32 Å². The van der Waals surface area contributed by atoms with Crippen molar-refractivity contribution in [2.24, 2.45) is 0 Å². The number of hydrogen-bond acceptors (Lipinski definition) is 3. The van der Waals surface area contributed by atoms with E-state index in [-0.39, 0.29) is 23.2 Å². The van der Waals surface area contributed by atoms with Crippen molar-refractivity contribution in [3.63, 3.8) is 0 Å². The molecule has 1 amide bonds. The number of benzene rings is 2. The number of rotatable bonds is 6. The third kappa shape index (κ3) is 3.94. The fourth-order valence-electron chi connectivity index (χ4n) is 3.16. The molecule has 2 aromatic rings. The second-order valence-electron chi connectivity index (χ2n) is 6.22. The number of sulfonamides is 1. The van der Waals surface area contributed by atoms with Crippen LogP contribution in [0.25, 0.3) is 0 Å². The normalized spacial score (nSPS) is 18.0. The van der Waals surface area contributed by atoms with Crippen molar-refractivity contribution < 1.29 is 17.6 Å². The summed E-state index contributed by atoms with van der Waals surface area (Å²) in [5, 5.41) is 2.74. The summed E-state index contributed by atoms with van der Waals surface area (Å²) in [7, 11) is -3.70. The molecule has 0 bridgehead atoms. The molecule has 1 atom stereocenters. The molecule has 0 saturated carbocycles. The topological polar surface area (TPSA) is 66.5 Å². The number of nitrogens with zero attached hydrogens (tertiary/aromatic N) is 1. The van der Waals surface area contributed by atoms with Crippen LogP contribution in [0.1, 0.15) is 18.4 Å². The van der Waals surface area contributed by atoms with Gasteiger partial charge in [-0.15, -0.1) is 0 Å². The lowest BCUT2D eigenvalue weighted by Crippen LogP contribution is -2.46. The highest BCUT2D eigenvalue weighted by Crippen LogP contribution is 2.26. The monoisotopic (exact) mass is 376 g/mol. The van der Waals surface area contributed by atoms with E-state index in [0.29, 0.717) is 31.4 Å². The highest BCUT2D eigenvalue weighted by atomic mass is 32.2. The fourth-order valence-corrected chi connectivity index (χ4v) is 4.83. The van der Waals surface area contributed by atoms with E-state index in [2.05, 4.69) is 5.32 Å². The molecule has 1 heterocycles. The standard InChI is InChI=1S/C19H21FN2O3S/c20-17-10-5-4-7-15(17)12-13-21-19(23)18-11-6-14-22(18)26(24,25)16-8-2-1-3-9-16/h1-5,7-10,18H,6,11-14H2,(H,21,23)/t18-/m0/s1. The smallest absolute Gasteiger partial charge is 0.243 e. The Morgan fingerprint density at radius 3 is 2.54 bits per heavy atom. The predicted octanol–water partition coefficient (Wildman–Crippen LogP) is 2.34. The number of carbonyl (C=O) groups excluding carboxylic acids is 1. The van der Waals surface area contributed by atoms with Gasteiger partial charge in [-0.25, -0.2) is 12.8 Å². The van der Waals surface area contributed by atoms with E-state index in [4.69, 9.17) is 0 Å². The van der Waals surface area contributed by atoms with Crippen molar-refractivity contribution in [1.29, 1.82) is 0 Å². The Bertz CT molecular complexity index is 871. The molecule has 0 radical (unpaired) electrons. The minimum Gasteiger partial charge on any atom is -0.354 e. The molecule has 5 nitrogen and oxygen atoms in total. The van der Waals surface area contributed by atoms with Crippen LogP contribution in [0, 0.1) is 5.82 Å². The zero-order valence-electron chi connectivity index (χ0n) is 14.3. The molecule has 26 heavy (non-hydrogen) atoms. The first kappa shape index (κ1) is 18.5. The lowest BCUT2D eigenvalue weighted by Gasteiger charge is -2.23. The van der Waals surface area contributed by atoms with E-state index in [1.54, 1.807) is 36.4 Å². The van der Waals surface area contributed by atoms with Crippen LogP contribution >= 0.6 is 0 Å². The molecule has 0 unspecified atom stereocenters. The maximum Gasteiger partial charge on any atom is 0.243 e. The molecule has 0 spiro atoms. The van der Waals surface area contributed by atoms with Gasteiger partial charge in [0.05, 0.1) is 4.90 Å². The van der Waals surface area contributed by atoms with Gasteiger partial charge in [0, 0.05) is 13.1 Å². The SMILES string of the molecule is O=C(NCCc1ccccc1F)[C@@H]1CCCN1S(=O)(=O)c1ccccc1. The molecule has 1 N–H and O–H groups in total. The summed E-state index contributed by atoms with van der Waals surface area (Å²) < 4.78 is 40.5. The molecule has 1 aliphatic rings. The average Bonchev–Trinajstić information content (AvgIpc) is 3.15. The first-order valence-corrected chi connectivity index (χ1v) is 10.0. The highest BCUT2D eigenvalue weighted by molar-refractivity contribution is 7.89. The lowest BCUT2D eigenvalue weighted by molar-refractivity contribution is -0.124. The summed E-state index contributed by atoms with van der Waals surface area (Å²) in [4.78, 5) is 12.7. The largest absolute Gasteiger partial charge is 0.354 e. The first-order chi connectivity index (χ1) is 12.5. The molecule has 138 valence electrons. The molecule has 1 fully saturated rings. The van der Waals surface area contributed by atoms with E-state index < -0.39 is 16.1 Å². The van der Waals surface area contributed by atoms with Gasteiger partial charge in [-0.3, -0.25) is 4.79 Å². The zero-order chi connectivity index (χ0) is 18.6. The molecule has 3 rings (SSSR count). The summed E-state index contributed by atoms with van der Waals surface area (Å²) in [5.74, 6) is -0.644. The van der Waals surface area contributed by atoms with E-state index in [1.807, 2.05) is 0 Å². The van der Waals surface area contributed by atoms with Crippen molar-refractivity contribution in [3.8, 4) is 0 Å². The number of nitrogens with one attached hydrogen (secondary N) is 1. The maximum absolute atomic E-state index is 13.6. The minimum atomic E-state index is -3.70. The Morgan fingerprint density at radius 2 is 1.81 bits per heavy atom. The first-order valence-electron chi connectivity index (χ1n) is 8.58. The molecule has 7 heteroatoms. The van der Waals surface area contributed by atoms with Gasteiger partial charge >= 0.3 is 0 Å². The van der Waals surface area contributed by atoms with Gasteiger partial charge in [-0.2, -0.15) is 4.31 Å². The van der Waals surface area contributed by atoms with Gasteiger partial charge in [-0.1, -0.05) is 36.4 Å². The molecule has 0 aliphatic carbocycles. The van der Waals surface area contributed by atoms with Crippen LogP contribution in [-0.2, 0) is 21.2 Å². The quantitative estimate of drug-likeness (QED) is 0.842. The fraction of sp³-hybridized carbons (Fsp3) is 0.316. The molecular formula is C19H21FN2O3S. The Morgan fingerprint density at radius 1 is 1.12 bits per heavy atom. The Balaban J connectivity index is 1.64.